The quantitative estimate of drug-likeness (QED) is 0.473. The Bertz CT molecular complexity index is 508. The molecule has 1 aromatic heterocycles. The van der Waals surface area contributed by atoms with Crippen LogP contribution >= 0.6 is 11.6 Å². The topological polar surface area (TPSA) is 82.1 Å². The van der Waals surface area contributed by atoms with Gasteiger partial charge in [-0.3, -0.25) is 0 Å². The maximum absolute atomic E-state index is 5.70. The van der Waals surface area contributed by atoms with E-state index >= 15 is 0 Å². The maximum Gasteiger partial charge on any atom is 0.283 e. The molecule has 2 aromatic rings. The van der Waals surface area contributed by atoms with Crippen molar-refractivity contribution in [1.29, 1.82) is 0 Å². The van der Waals surface area contributed by atoms with Crippen molar-refractivity contribution < 1.29 is 0 Å². The highest BCUT2D eigenvalue weighted by molar-refractivity contribution is 6.18. The van der Waals surface area contributed by atoms with E-state index in [9.17, 15) is 0 Å². The number of nitrogens with zero attached hydrogens (tertiary/aromatic N) is 5. The summed E-state index contributed by atoms with van der Waals surface area (Å²) in [4.78, 5) is 2.09. The summed E-state index contributed by atoms with van der Waals surface area (Å²) < 4.78 is 0. The van der Waals surface area contributed by atoms with Crippen molar-refractivity contribution in [2.24, 2.45) is 5.10 Å². The lowest BCUT2D eigenvalue weighted by Crippen LogP contribution is -2.19. The zero-order valence-electron chi connectivity index (χ0n) is 10.4. The van der Waals surface area contributed by atoms with Crippen molar-refractivity contribution in [3.05, 3.63) is 29.8 Å². The molecule has 2 rings (SSSR count). The Hall–Kier alpha value is -2.15. The maximum atomic E-state index is 5.70. The molecule has 19 heavy (non-hydrogen) atoms. The predicted octanol–water partition coefficient (Wildman–Crippen LogP) is 1.32. The molecule has 8 heteroatoms. The lowest BCUT2D eigenvalue weighted by Gasteiger charge is -2.17. The van der Waals surface area contributed by atoms with E-state index in [1.807, 2.05) is 31.3 Å². The zero-order valence-corrected chi connectivity index (χ0v) is 11.2. The highest BCUT2D eigenvalue weighted by Gasteiger charge is 1.99. The van der Waals surface area contributed by atoms with Gasteiger partial charge in [0, 0.05) is 25.2 Å². The molecule has 0 aliphatic heterocycles. The summed E-state index contributed by atoms with van der Waals surface area (Å²) in [5, 5.41) is 17.2. The molecular weight excluding hydrogens is 266 g/mol. The van der Waals surface area contributed by atoms with E-state index in [2.05, 4.69) is 36.1 Å². The first kappa shape index (κ1) is 13.3. The molecule has 0 bridgehead atoms. The van der Waals surface area contributed by atoms with Crippen LogP contribution in [0, 0.1) is 0 Å². The van der Waals surface area contributed by atoms with Gasteiger partial charge in [-0.05, 0) is 22.9 Å². The molecule has 0 unspecified atom stereocenters. The lowest BCUT2D eigenvalue weighted by molar-refractivity contribution is 0.881. The molecule has 100 valence electrons. The van der Waals surface area contributed by atoms with Crippen molar-refractivity contribution in [3.8, 4) is 0 Å². The monoisotopic (exact) mass is 279 g/mol. The number of nitrogens with one attached hydrogen (secondary N) is 2. The van der Waals surface area contributed by atoms with Crippen LogP contribution in [0.5, 0.6) is 0 Å². The fraction of sp³-hybridized carbons (Fsp3) is 0.273. The number of halogens is 1. The van der Waals surface area contributed by atoms with Crippen molar-refractivity contribution in [3.63, 3.8) is 0 Å². The number of hydrazone groups is 1. The van der Waals surface area contributed by atoms with Crippen LogP contribution in [0.25, 0.3) is 0 Å². The van der Waals surface area contributed by atoms with Crippen molar-refractivity contribution in [2.75, 3.05) is 29.8 Å². The van der Waals surface area contributed by atoms with Crippen molar-refractivity contribution in [2.45, 2.75) is 0 Å². The van der Waals surface area contributed by atoms with Crippen LogP contribution in [0.4, 0.5) is 11.6 Å². The largest absolute Gasteiger partial charge is 0.373 e. The van der Waals surface area contributed by atoms with Gasteiger partial charge in [0.15, 0.2) is 0 Å². The van der Waals surface area contributed by atoms with Gasteiger partial charge in [-0.2, -0.15) is 10.3 Å². The third kappa shape index (κ3) is 3.92. The van der Waals surface area contributed by atoms with Gasteiger partial charge in [0.2, 0.25) is 0 Å². The Morgan fingerprint density at radius 1 is 1.42 bits per heavy atom. The van der Waals surface area contributed by atoms with Crippen LogP contribution in [0.15, 0.2) is 29.4 Å². The molecule has 2 N–H and O–H groups in total. The summed E-state index contributed by atoms with van der Waals surface area (Å²) in [5.41, 5.74) is 4.74. The van der Waals surface area contributed by atoms with Crippen molar-refractivity contribution >= 4 is 29.5 Å². The number of hydrogen-bond donors (Lipinski definition) is 2. The third-order valence-corrected chi connectivity index (χ3v) is 2.65. The third-order valence-electron chi connectivity index (χ3n) is 2.48. The van der Waals surface area contributed by atoms with Crippen LogP contribution in [0.3, 0.4) is 0 Å². The second-order valence-electron chi connectivity index (χ2n) is 3.81. The van der Waals surface area contributed by atoms with Gasteiger partial charge in [-0.1, -0.05) is 17.2 Å². The van der Waals surface area contributed by atoms with Gasteiger partial charge in [-0.25, -0.2) is 5.43 Å². The molecule has 0 atom stereocenters. The number of benzene rings is 1. The van der Waals surface area contributed by atoms with E-state index in [4.69, 9.17) is 11.6 Å². The van der Waals surface area contributed by atoms with E-state index in [1.165, 1.54) is 0 Å². The predicted molar refractivity (Wildman–Crippen MR) is 75.8 cm³/mol. The fourth-order valence-electron chi connectivity index (χ4n) is 1.44. The van der Waals surface area contributed by atoms with E-state index in [-0.39, 0.29) is 0 Å². The van der Waals surface area contributed by atoms with Gasteiger partial charge in [0.25, 0.3) is 5.95 Å². The Balaban J connectivity index is 1.93. The molecular formula is C11H14ClN7. The molecule has 0 spiro atoms. The molecule has 1 heterocycles. The Morgan fingerprint density at radius 3 is 2.84 bits per heavy atom. The molecule has 0 amide bonds. The first-order valence-corrected chi connectivity index (χ1v) is 6.23. The highest BCUT2D eigenvalue weighted by Crippen LogP contribution is 2.12. The molecule has 0 aliphatic carbocycles. The minimum absolute atomic E-state index is 0.328. The standard InChI is InChI=1S/C11H14ClN7/c1-19(7-6-12)10-4-2-9(3-5-10)8-13-14-11-15-17-18-16-11/h2-5,8H,6-7H2,1H3,(H2,14,15,16,17,18). The van der Waals surface area contributed by atoms with E-state index in [0.29, 0.717) is 11.8 Å². The number of H-pyrrole nitrogens is 1. The number of alkyl halides is 1. The number of aromatic nitrogens is 4. The van der Waals surface area contributed by atoms with Crippen LogP contribution in [0.2, 0.25) is 0 Å². The van der Waals surface area contributed by atoms with Crippen LogP contribution in [0.1, 0.15) is 5.56 Å². The summed E-state index contributed by atoms with van der Waals surface area (Å²) in [5.74, 6) is 0.934. The van der Waals surface area contributed by atoms with Gasteiger partial charge in [0.05, 0.1) is 6.21 Å². The number of tetrazole rings is 1. The number of aromatic amines is 1. The molecule has 0 radical (unpaired) electrons. The number of rotatable bonds is 6. The SMILES string of the molecule is CN(CCCl)c1ccc(C=NNc2nn[nH]n2)cc1. The summed E-state index contributed by atoms with van der Waals surface area (Å²) in [6.45, 7) is 0.814. The van der Waals surface area contributed by atoms with Crippen molar-refractivity contribution in [1.82, 2.24) is 20.6 Å². The second kappa shape index (κ2) is 6.69. The highest BCUT2D eigenvalue weighted by atomic mass is 35.5. The average Bonchev–Trinajstić information content (AvgIpc) is 2.93. The Morgan fingerprint density at radius 2 is 2.21 bits per heavy atom. The smallest absolute Gasteiger partial charge is 0.283 e. The average molecular weight is 280 g/mol. The molecule has 0 saturated carbocycles. The van der Waals surface area contributed by atoms with Crippen LogP contribution < -0.4 is 10.3 Å². The fourth-order valence-corrected chi connectivity index (χ4v) is 1.70. The first-order chi connectivity index (χ1) is 9.29. The minimum Gasteiger partial charge on any atom is -0.373 e. The normalized spacial score (nSPS) is 10.8. The van der Waals surface area contributed by atoms with E-state index < -0.39 is 0 Å². The number of anilines is 2. The summed E-state index contributed by atoms with van der Waals surface area (Å²) in [6, 6.07) is 7.98. The Labute approximate surface area is 115 Å². The van der Waals surface area contributed by atoms with E-state index in [0.717, 1.165) is 17.8 Å². The summed E-state index contributed by atoms with van der Waals surface area (Å²) in [6.07, 6.45) is 1.68. The second-order valence-corrected chi connectivity index (χ2v) is 4.19. The Kier molecular flexibility index (Phi) is 4.68. The van der Waals surface area contributed by atoms with E-state index in [1.54, 1.807) is 6.21 Å². The molecule has 1 aromatic carbocycles. The molecule has 0 fully saturated rings. The zero-order chi connectivity index (χ0) is 13.5. The molecule has 0 aliphatic rings. The van der Waals surface area contributed by atoms with Gasteiger partial charge < -0.3 is 4.90 Å². The molecule has 7 nitrogen and oxygen atoms in total. The number of hydrogen-bond acceptors (Lipinski definition) is 6. The lowest BCUT2D eigenvalue weighted by atomic mass is 10.2. The molecule has 0 saturated heterocycles. The summed E-state index contributed by atoms with van der Waals surface area (Å²) >= 11 is 5.70. The first-order valence-electron chi connectivity index (χ1n) is 5.69. The van der Waals surface area contributed by atoms with Crippen LogP contribution in [-0.2, 0) is 0 Å². The summed E-state index contributed by atoms with van der Waals surface area (Å²) in [7, 11) is 2.00. The minimum atomic E-state index is 0.328. The van der Waals surface area contributed by atoms with Crippen LogP contribution in [-0.4, -0.2) is 46.3 Å². The van der Waals surface area contributed by atoms with Gasteiger partial charge in [-0.15, -0.1) is 16.7 Å². The van der Waals surface area contributed by atoms with Gasteiger partial charge in [0.1, 0.15) is 0 Å². The van der Waals surface area contributed by atoms with Gasteiger partial charge >= 0.3 is 0 Å².